The molecule has 0 aromatic rings. The molecule has 4 aliphatic rings. The monoisotopic (exact) mass is 788 g/mol. The molecule has 4 rings (SSSR count). The number of carbonyl (C=O) groups excluding carboxylic acids is 2. The number of rotatable bonds is 13. The number of aliphatic hydroxyl groups is 8. The first kappa shape index (κ1) is 46.7. The first-order valence-electron chi connectivity index (χ1n) is 18.1. The Hall–Kier alpha value is -1.70. The van der Waals surface area contributed by atoms with E-state index in [-0.39, 0.29) is 37.6 Å². The second-order valence-corrected chi connectivity index (χ2v) is 14.7. The standard InChI is InChI=1S/C19H32O12.C15H28O8/c1-8(2)5-27-19-17(14(23)12(7-28-19)29-10(4)21)31-18-16(25)15(24)13(22)11(30-18)6-26-9(3)20;1-7(2)4-20-15-13(10(17)8(3)5-21-15)23-14-12(19)11(18)9(16)6-22-14/h8,11-19,22-25H,5-7H2,1-4H3;7-19H,4-6H2,1-3H3. The predicted octanol–water partition coefficient (Wildman–Crippen LogP) is -3.10. The maximum atomic E-state index is 11.3. The van der Waals surface area contributed by atoms with Gasteiger partial charge in [-0.1, -0.05) is 34.6 Å². The van der Waals surface area contributed by atoms with Crippen molar-refractivity contribution in [2.24, 2.45) is 17.8 Å². The van der Waals surface area contributed by atoms with Crippen molar-refractivity contribution >= 4 is 11.9 Å². The van der Waals surface area contributed by atoms with E-state index in [0.29, 0.717) is 13.2 Å². The van der Waals surface area contributed by atoms with Crippen LogP contribution in [0.15, 0.2) is 0 Å². The lowest BCUT2D eigenvalue weighted by molar-refractivity contribution is -0.357. The number of aliphatic hydroxyl groups excluding tert-OH is 8. The van der Waals surface area contributed by atoms with Crippen molar-refractivity contribution < 1.29 is 97.8 Å². The molecule has 4 saturated heterocycles. The third kappa shape index (κ3) is 13.2. The second kappa shape index (κ2) is 21.7. The zero-order valence-corrected chi connectivity index (χ0v) is 31.7. The average molecular weight is 789 g/mol. The molecule has 0 bridgehead atoms. The number of hydrogen-bond donors (Lipinski definition) is 8. The molecule has 20 nitrogen and oxygen atoms in total. The zero-order chi connectivity index (χ0) is 40.4. The van der Waals surface area contributed by atoms with Crippen LogP contribution in [0.1, 0.15) is 48.5 Å². The van der Waals surface area contributed by atoms with Gasteiger partial charge in [-0.25, -0.2) is 0 Å². The number of carbonyl (C=O) groups is 2. The molecule has 4 heterocycles. The summed E-state index contributed by atoms with van der Waals surface area (Å²) in [4.78, 5) is 22.4. The van der Waals surface area contributed by atoms with Crippen molar-refractivity contribution in [1.82, 2.24) is 0 Å². The first-order chi connectivity index (χ1) is 25.3. The SMILES string of the molecule is CC(=O)OCC1OC(OC2C(OCC(C)C)OCC(OC(C)=O)C2O)C(O)C(O)C1O.CC(C)COC1OCC(C)C(O)C1OC1OCC(O)C(O)C1O. The summed E-state index contributed by atoms with van der Waals surface area (Å²) in [5, 5.41) is 80.8. The van der Waals surface area contributed by atoms with Gasteiger partial charge in [-0.2, -0.15) is 0 Å². The molecule has 0 spiro atoms. The van der Waals surface area contributed by atoms with Crippen molar-refractivity contribution in [3.05, 3.63) is 0 Å². The van der Waals surface area contributed by atoms with E-state index in [1.165, 1.54) is 6.92 Å². The summed E-state index contributed by atoms with van der Waals surface area (Å²) in [6, 6.07) is 0. The van der Waals surface area contributed by atoms with Gasteiger partial charge in [0.1, 0.15) is 67.6 Å². The summed E-state index contributed by atoms with van der Waals surface area (Å²) in [6.07, 6.45) is -20.1. The molecule has 0 aliphatic carbocycles. The Kier molecular flexibility index (Phi) is 18.8. The fourth-order valence-electron chi connectivity index (χ4n) is 5.72. The van der Waals surface area contributed by atoms with Crippen molar-refractivity contribution in [2.75, 3.05) is 39.6 Å². The summed E-state index contributed by atoms with van der Waals surface area (Å²) in [5.74, 6) is -1.02. The lowest BCUT2D eigenvalue weighted by Gasteiger charge is -2.44. The van der Waals surface area contributed by atoms with Gasteiger partial charge in [0.05, 0.1) is 39.1 Å². The minimum absolute atomic E-state index is 0.134. The van der Waals surface area contributed by atoms with E-state index in [0.717, 1.165) is 6.92 Å². The Labute approximate surface area is 314 Å². The van der Waals surface area contributed by atoms with Gasteiger partial charge in [-0.15, -0.1) is 0 Å². The van der Waals surface area contributed by atoms with E-state index in [4.69, 9.17) is 47.4 Å². The Morgan fingerprint density at radius 1 is 0.611 bits per heavy atom. The number of ether oxygens (including phenoxy) is 10. The van der Waals surface area contributed by atoms with Crippen molar-refractivity contribution in [1.29, 1.82) is 0 Å². The average Bonchev–Trinajstić information content (AvgIpc) is 3.10. The maximum absolute atomic E-state index is 11.3. The van der Waals surface area contributed by atoms with Crippen LogP contribution in [0, 0.1) is 17.8 Å². The highest BCUT2D eigenvalue weighted by molar-refractivity contribution is 5.66. The Balaban J connectivity index is 0.000000303. The predicted molar refractivity (Wildman–Crippen MR) is 179 cm³/mol. The normalized spacial score (nSPS) is 41.5. The van der Waals surface area contributed by atoms with Crippen LogP contribution in [0.4, 0.5) is 0 Å². The molecule has 54 heavy (non-hydrogen) atoms. The van der Waals surface area contributed by atoms with E-state index >= 15 is 0 Å². The zero-order valence-electron chi connectivity index (χ0n) is 31.7. The Morgan fingerprint density at radius 2 is 1.13 bits per heavy atom. The van der Waals surface area contributed by atoms with E-state index in [1.807, 2.05) is 34.6 Å². The molecule has 17 atom stereocenters. The third-order valence-corrected chi connectivity index (χ3v) is 8.78. The van der Waals surface area contributed by atoms with Crippen LogP contribution in [0.5, 0.6) is 0 Å². The Bertz CT molecular complexity index is 1130. The summed E-state index contributed by atoms with van der Waals surface area (Å²) in [5.41, 5.74) is 0. The first-order valence-corrected chi connectivity index (χ1v) is 18.1. The molecule has 0 aromatic carbocycles. The van der Waals surface area contributed by atoms with Gasteiger partial charge in [0.25, 0.3) is 0 Å². The molecule has 316 valence electrons. The minimum atomic E-state index is -1.70. The summed E-state index contributed by atoms with van der Waals surface area (Å²) in [7, 11) is 0. The summed E-state index contributed by atoms with van der Waals surface area (Å²) >= 11 is 0. The highest BCUT2D eigenvalue weighted by Crippen LogP contribution is 2.30. The van der Waals surface area contributed by atoms with Crippen LogP contribution in [-0.4, -0.2) is 191 Å². The van der Waals surface area contributed by atoms with Crippen LogP contribution in [0.25, 0.3) is 0 Å². The van der Waals surface area contributed by atoms with Crippen LogP contribution in [0.3, 0.4) is 0 Å². The highest BCUT2D eigenvalue weighted by atomic mass is 16.8. The molecule has 17 unspecified atom stereocenters. The van der Waals surface area contributed by atoms with Gasteiger partial charge in [0, 0.05) is 19.8 Å². The van der Waals surface area contributed by atoms with Gasteiger partial charge < -0.3 is 88.2 Å². The van der Waals surface area contributed by atoms with E-state index in [2.05, 4.69) is 0 Å². The van der Waals surface area contributed by atoms with Gasteiger partial charge in [0.15, 0.2) is 31.3 Å². The second-order valence-electron chi connectivity index (χ2n) is 14.7. The smallest absolute Gasteiger partial charge is 0.303 e. The molecule has 4 fully saturated rings. The highest BCUT2D eigenvalue weighted by Gasteiger charge is 2.50. The molecular weight excluding hydrogens is 728 g/mol. The third-order valence-electron chi connectivity index (χ3n) is 8.78. The number of esters is 2. The lowest BCUT2D eigenvalue weighted by Crippen LogP contribution is -2.63. The topological polar surface area (TPSA) is 288 Å². The molecule has 4 aliphatic heterocycles. The lowest BCUT2D eigenvalue weighted by atomic mass is 9.97. The van der Waals surface area contributed by atoms with E-state index in [9.17, 15) is 50.4 Å². The van der Waals surface area contributed by atoms with Crippen molar-refractivity contribution in [3.63, 3.8) is 0 Å². The van der Waals surface area contributed by atoms with Gasteiger partial charge in [-0.3, -0.25) is 9.59 Å². The minimum Gasteiger partial charge on any atom is -0.463 e. The summed E-state index contributed by atoms with van der Waals surface area (Å²) in [6.45, 7) is 12.3. The fourth-order valence-corrected chi connectivity index (χ4v) is 5.72. The number of hydrogen-bond acceptors (Lipinski definition) is 20. The molecule has 8 N–H and O–H groups in total. The molecule has 0 amide bonds. The largest absolute Gasteiger partial charge is 0.463 e. The molecule has 0 radical (unpaired) electrons. The maximum Gasteiger partial charge on any atom is 0.303 e. The molecule has 20 heteroatoms. The molecule has 0 saturated carbocycles. The van der Waals surface area contributed by atoms with Gasteiger partial charge >= 0.3 is 11.9 Å². The van der Waals surface area contributed by atoms with Crippen LogP contribution < -0.4 is 0 Å². The van der Waals surface area contributed by atoms with Crippen LogP contribution >= 0.6 is 0 Å². The fraction of sp³-hybridized carbons (Fsp3) is 0.941. The van der Waals surface area contributed by atoms with Gasteiger partial charge in [-0.05, 0) is 11.8 Å². The molecular formula is C34H60O20. The van der Waals surface area contributed by atoms with Gasteiger partial charge in [0.2, 0.25) is 0 Å². The summed E-state index contributed by atoms with van der Waals surface area (Å²) < 4.78 is 54.3. The quantitative estimate of drug-likeness (QED) is 0.0858. The van der Waals surface area contributed by atoms with Crippen molar-refractivity contribution in [2.45, 2.75) is 147 Å². The van der Waals surface area contributed by atoms with Crippen LogP contribution in [0.2, 0.25) is 0 Å². The van der Waals surface area contributed by atoms with E-state index in [1.54, 1.807) is 0 Å². The van der Waals surface area contributed by atoms with E-state index < -0.39 is 117 Å². The van der Waals surface area contributed by atoms with Crippen molar-refractivity contribution in [3.8, 4) is 0 Å². The molecule has 0 aromatic heterocycles. The Morgan fingerprint density at radius 3 is 1.69 bits per heavy atom. The van der Waals surface area contributed by atoms with Crippen LogP contribution in [-0.2, 0) is 57.0 Å².